The van der Waals surface area contributed by atoms with Gasteiger partial charge in [-0.3, -0.25) is 9.98 Å². The first-order valence-electron chi connectivity index (χ1n) is 20.0. The summed E-state index contributed by atoms with van der Waals surface area (Å²) in [5, 5.41) is 0. The third kappa shape index (κ3) is 17.1. The number of hydrogen-bond acceptors (Lipinski definition) is 2. The van der Waals surface area contributed by atoms with Crippen LogP contribution in [0.25, 0.3) is 0 Å². The summed E-state index contributed by atoms with van der Waals surface area (Å²) in [7, 11) is 0. The maximum Gasteiger partial charge on any atom is 0.0639 e. The topological polar surface area (TPSA) is 24.7 Å². The third-order valence-corrected chi connectivity index (χ3v) is 9.25. The molecule has 46 heavy (non-hydrogen) atoms. The van der Waals surface area contributed by atoms with Crippen molar-refractivity contribution in [1.29, 1.82) is 0 Å². The molecule has 0 saturated carbocycles. The molecule has 2 nitrogen and oxygen atoms in total. The van der Waals surface area contributed by atoms with Gasteiger partial charge in [0.15, 0.2) is 0 Å². The molecular formula is C44H72N2. The second-order valence-corrected chi connectivity index (χ2v) is 13.9. The molecule has 0 fully saturated rings. The van der Waals surface area contributed by atoms with Crippen molar-refractivity contribution in [3.8, 4) is 0 Å². The first-order chi connectivity index (χ1) is 22.6. The van der Waals surface area contributed by atoms with Crippen molar-refractivity contribution in [2.75, 3.05) is 0 Å². The Labute approximate surface area is 286 Å². The van der Waals surface area contributed by atoms with Gasteiger partial charge in [0.05, 0.1) is 22.8 Å². The number of hydrogen-bond donors (Lipinski definition) is 0. The zero-order valence-electron chi connectivity index (χ0n) is 31.3. The average Bonchev–Trinajstić information content (AvgIpc) is 3.06. The standard InChI is InChI=1S/C44H72N2/c1-7-13-19-21-22-24-30-44(46-42-35-39(27-17-11-5)32-40(36-42)28-18-12-6)43(29-23-20-14-8-2)45-41-33-37(25-15-9-3)31-38(34-41)26-16-10-4/h31-36H,7-30H2,1-6H3. The second kappa shape index (κ2) is 25.8. The molecular weight excluding hydrogens is 556 g/mol. The van der Waals surface area contributed by atoms with Crippen molar-refractivity contribution >= 4 is 22.8 Å². The van der Waals surface area contributed by atoms with Crippen molar-refractivity contribution in [3.63, 3.8) is 0 Å². The van der Waals surface area contributed by atoms with Crippen LogP contribution in [0.5, 0.6) is 0 Å². The van der Waals surface area contributed by atoms with E-state index in [0.29, 0.717) is 0 Å². The number of benzene rings is 2. The third-order valence-electron chi connectivity index (χ3n) is 9.25. The van der Waals surface area contributed by atoms with Crippen molar-refractivity contribution in [3.05, 3.63) is 58.7 Å². The summed E-state index contributed by atoms with van der Waals surface area (Å²) in [5.74, 6) is 0. The molecule has 0 spiro atoms. The van der Waals surface area contributed by atoms with E-state index in [1.165, 1.54) is 149 Å². The predicted octanol–water partition coefficient (Wildman–Crippen LogP) is 14.6. The van der Waals surface area contributed by atoms with E-state index in [2.05, 4.69) is 77.9 Å². The Morgan fingerprint density at radius 1 is 0.348 bits per heavy atom. The monoisotopic (exact) mass is 629 g/mol. The highest BCUT2D eigenvalue weighted by Gasteiger charge is 2.13. The molecule has 258 valence electrons. The van der Waals surface area contributed by atoms with Crippen LogP contribution in [0.2, 0.25) is 0 Å². The summed E-state index contributed by atoms with van der Waals surface area (Å²) in [4.78, 5) is 11.1. The molecule has 0 unspecified atom stereocenters. The van der Waals surface area contributed by atoms with Gasteiger partial charge in [0.2, 0.25) is 0 Å². The van der Waals surface area contributed by atoms with E-state index in [9.17, 15) is 0 Å². The minimum Gasteiger partial charge on any atom is -0.252 e. The van der Waals surface area contributed by atoms with Crippen molar-refractivity contribution < 1.29 is 0 Å². The van der Waals surface area contributed by atoms with Gasteiger partial charge in [-0.15, -0.1) is 0 Å². The summed E-state index contributed by atoms with van der Waals surface area (Å²) < 4.78 is 0. The van der Waals surface area contributed by atoms with Crippen LogP contribution < -0.4 is 0 Å². The Morgan fingerprint density at radius 3 is 0.957 bits per heavy atom. The second-order valence-electron chi connectivity index (χ2n) is 13.9. The first kappa shape index (κ1) is 40.0. The number of aryl methyl sites for hydroxylation is 4. The highest BCUT2D eigenvalue weighted by molar-refractivity contribution is 6.43. The van der Waals surface area contributed by atoms with Crippen LogP contribution in [0.3, 0.4) is 0 Å². The van der Waals surface area contributed by atoms with Crippen LogP contribution >= 0.6 is 0 Å². The molecule has 0 N–H and O–H groups in total. The van der Waals surface area contributed by atoms with Crippen LogP contribution in [0.1, 0.15) is 192 Å². The van der Waals surface area contributed by atoms with Crippen molar-refractivity contribution in [2.45, 2.75) is 196 Å². The Kier molecular flexibility index (Phi) is 22.4. The lowest BCUT2D eigenvalue weighted by Gasteiger charge is -2.14. The fourth-order valence-corrected chi connectivity index (χ4v) is 6.35. The van der Waals surface area contributed by atoms with Gasteiger partial charge in [-0.1, -0.05) is 131 Å². The molecule has 0 aliphatic rings. The van der Waals surface area contributed by atoms with Gasteiger partial charge < -0.3 is 0 Å². The molecule has 2 aromatic carbocycles. The van der Waals surface area contributed by atoms with Gasteiger partial charge in [-0.2, -0.15) is 0 Å². The molecule has 2 aromatic rings. The van der Waals surface area contributed by atoms with Crippen LogP contribution in [-0.4, -0.2) is 11.4 Å². The fraction of sp³-hybridized carbons (Fsp3) is 0.682. The SMILES string of the molecule is CCCCCCCCC(=Nc1cc(CCCC)cc(CCCC)c1)C(CCCCCC)=Nc1cc(CCCC)cc(CCCC)c1. The summed E-state index contributed by atoms with van der Waals surface area (Å²) in [6.07, 6.45) is 29.4. The summed E-state index contributed by atoms with van der Waals surface area (Å²) in [5.41, 5.74) is 10.6. The molecule has 0 aliphatic heterocycles. The zero-order chi connectivity index (χ0) is 33.2. The zero-order valence-corrected chi connectivity index (χ0v) is 31.3. The minimum atomic E-state index is 1.02. The molecule has 0 aliphatic carbocycles. The molecule has 2 heteroatoms. The molecule has 0 amide bonds. The summed E-state index contributed by atoms with van der Waals surface area (Å²) in [6, 6.07) is 14.4. The molecule has 0 saturated heterocycles. The maximum atomic E-state index is 5.56. The molecule has 0 aromatic heterocycles. The van der Waals surface area contributed by atoms with Crippen LogP contribution in [0, 0.1) is 0 Å². The van der Waals surface area contributed by atoms with E-state index in [-0.39, 0.29) is 0 Å². The van der Waals surface area contributed by atoms with E-state index < -0.39 is 0 Å². The lowest BCUT2D eigenvalue weighted by molar-refractivity contribution is 0.616. The minimum absolute atomic E-state index is 1.02. The Bertz CT molecular complexity index is 1070. The van der Waals surface area contributed by atoms with E-state index in [4.69, 9.17) is 9.98 Å². The van der Waals surface area contributed by atoms with Crippen molar-refractivity contribution in [2.24, 2.45) is 9.98 Å². The molecule has 0 atom stereocenters. The highest BCUT2D eigenvalue weighted by Crippen LogP contribution is 2.26. The Hall–Kier alpha value is -2.22. The smallest absolute Gasteiger partial charge is 0.0639 e. The molecule has 0 bridgehead atoms. The van der Waals surface area contributed by atoms with E-state index in [1.807, 2.05) is 0 Å². The Balaban J connectivity index is 2.61. The van der Waals surface area contributed by atoms with Crippen molar-refractivity contribution in [1.82, 2.24) is 0 Å². The van der Waals surface area contributed by atoms with E-state index in [0.717, 1.165) is 49.9 Å². The normalized spacial score (nSPS) is 12.3. The van der Waals surface area contributed by atoms with Gasteiger partial charge in [0.25, 0.3) is 0 Å². The predicted molar refractivity (Wildman–Crippen MR) is 208 cm³/mol. The largest absolute Gasteiger partial charge is 0.252 e. The summed E-state index contributed by atoms with van der Waals surface area (Å²) >= 11 is 0. The van der Waals surface area contributed by atoms with Gasteiger partial charge in [-0.25, -0.2) is 0 Å². The number of rotatable bonds is 27. The Morgan fingerprint density at radius 2 is 0.630 bits per heavy atom. The van der Waals surface area contributed by atoms with Gasteiger partial charge in [-0.05, 0) is 124 Å². The fourth-order valence-electron chi connectivity index (χ4n) is 6.35. The van der Waals surface area contributed by atoms with E-state index in [1.54, 1.807) is 0 Å². The van der Waals surface area contributed by atoms with E-state index >= 15 is 0 Å². The lowest BCUT2D eigenvalue weighted by atomic mass is 9.98. The maximum absolute atomic E-state index is 5.56. The first-order valence-corrected chi connectivity index (χ1v) is 20.0. The lowest BCUT2D eigenvalue weighted by Crippen LogP contribution is -2.15. The number of aliphatic imine (C=N–C) groups is 2. The van der Waals surface area contributed by atoms with Crippen LogP contribution in [-0.2, 0) is 25.7 Å². The van der Waals surface area contributed by atoms with Gasteiger partial charge >= 0.3 is 0 Å². The quantitative estimate of drug-likeness (QED) is 0.0694. The van der Waals surface area contributed by atoms with Gasteiger partial charge in [0.1, 0.15) is 0 Å². The molecule has 0 heterocycles. The van der Waals surface area contributed by atoms with Crippen LogP contribution in [0.15, 0.2) is 46.4 Å². The highest BCUT2D eigenvalue weighted by atomic mass is 14.8. The molecule has 0 radical (unpaired) electrons. The van der Waals surface area contributed by atoms with Crippen LogP contribution in [0.4, 0.5) is 11.4 Å². The van der Waals surface area contributed by atoms with Gasteiger partial charge in [0, 0.05) is 0 Å². The molecule has 2 rings (SSSR count). The number of nitrogens with zero attached hydrogens (tertiary/aromatic N) is 2. The average molecular weight is 629 g/mol. The summed E-state index contributed by atoms with van der Waals surface area (Å²) in [6.45, 7) is 13.8. The number of unbranched alkanes of at least 4 members (excludes halogenated alkanes) is 12.